The Kier molecular flexibility index (Phi) is 4.34. The molecule has 3 rings (SSSR count). The monoisotopic (exact) mass is 277 g/mol. The molecule has 1 aliphatic heterocycles. The van der Waals surface area contributed by atoms with E-state index in [9.17, 15) is 0 Å². The molecule has 2 unspecified atom stereocenters. The summed E-state index contributed by atoms with van der Waals surface area (Å²) >= 11 is 2.12. The highest BCUT2D eigenvalue weighted by atomic mass is 32.2. The van der Waals surface area contributed by atoms with Gasteiger partial charge in [0.1, 0.15) is 5.75 Å². The highest BCUT2D eigenvalue weighted by molar-refractivity contribution is 8.00. The minimum atomic E-state index is 0.472. The number of ether oxygens (including phenoxy) is 1. The van der Waals surface area contributed by atoms with Gasteiger partial charge in [-0.1, -0.05) is 18.6 Å². The van der Waals surface area contributed by atoms with Gasteiger partial charge in [-0.25, -0.2) is 0 Å². The zero-order valence-corrected chi connectivity index (χ0v) is 12.4. The third-order valence-corrected chi connectivity index (χ3v) is 5.42. The second-order valence-electron chi connectivity index (χ2n) is 5.56. The van der Waals surface area contributed by atoms with Crippen LogP contribution in [0.5, 0.6) is 5.75 Å². The van der Waals surface area contributed by atoms with Gasteiger partial charge < -0.3 is 10.1 Å². The summed E-state index contributed by atoms with van der Waals surface area (Å²) in [5.41, 5.74) is 1.39. The van der Waals surface area contributed by atoms with Gasteiger partial charge in [0, 0.05) is 11.3 Å². The van der Waals surface area contributed by atoms with Crippen LogP contribution in [0.3, 0.4) is 0 Å². The largest absolute Gasteiger partial charge is 0.490 e. The van der Waals surface area contributed by atoms with Crippen molar-refractivity contribution in [1.29, 1.82) is 0 Å². The molecule has 0 bridgehead atoms. The van der Waals surface area contributed by atoms with E-state index in [1.807, 2.05) is 0 Å². The lowest BCUT2D eigenvalue weighted by Gasteiger charge is -2.30. The Hall–Kier alpha value is -0.670. The van der Waals surface area contributed by atoms with E-state index < -0.39 is 0 Å². The SMILES string of the molecule is CNC(c1ccc(OC2CC2)cc1)C1CCCCS1. The number of hydrogen-bond acceptors (Lipinski definition) is 3. The summed E-state index contributed by atoms with van der Waals surface area (Å²) in [6.07, 6.45) is 7.01. The van der Waals surface area contributed by atoms with Crippen molar-refractivity contribution < 1.29 is 4.74 Å². The first kappa shape index (κ1) is 13.3. The van der Waals surface area contributed by atoms with Gasteiger partial charge in [-0.05, 0) is 56.2 Å². The number of thioether (sulfide) groups is 1. The smallest absolute Gasteiger partial charge is 0.119 e. The van der Waals surface area contributed by atoms with Crippen LogP contribution in [0, 0.1) is 0 Å². The van der Waals surface area contributed by atoms with Crippen molar-refractivity contribution in [2.45, 2.75) is 49.5 Å². The molecule has 0 amide bonds. The van der Waals surface area contributed by atoms with E-state index in [0.717, 1.165) is 5.75 Å². The van der Waals surface area contributed by atoms with E-state index in [1.54, 1.807) is 0 Å². The van der Waals surface area contributed by atoms with E-state index in [2.05, 4.69) is 48.4 Å². The summed E-state index contributed by atoms with van der Waals surface area (Å²) in [5, 5.41) is 4.22. The predicted molar refractivity (Wildman–Crippen MR) is 82.0 cm³/mol. The van der Waals surface area contributed by atoms with Gasteiger partial charge in [0.05, 0.1) is 6.10 Å². The standard InChI is InChI=1S/C16H23NOS/c1-17-16(15-4-2-3-11-19-15)12-5-7-13(8-6-12)18-14-9-10-14/h5-8,14-17H,2-4,9-11H2,1H3. The Morgan fingerprint density at radius 3 is 2.53 bits per heavy atom. The molecule has 3 heteroatoms. The van der Waals surface area contributed by atoms with Gasteiger partial charge in [-0.2, -0.15) is 11.8 Å². The van der Waals surface area contributed by atoms with Crippen LogP contribution in [-0.2, 0) is 0 Å². The van der Waals surface area contributed by atoms with Crippen LogP contribution in [-0.4, -0.2) is 24.2 Å². The first-order chi connectivity index (χ1) is 9.36. The number of hydrogen-bond donors (Lipinski definition) is 1. The summed E-state index contributed by atoms with van der Waals surface area (Å²) in [4.78, 5) is 0. The Morgan fingerprint density at radius 1 is 1.16 bits per heavy atom. The van der Waals surface area contributed by atoms with Crippen LogP contribution in [0.4, 0.5) is 0 Å². The lowest BCUT2D eigenvalue weighted by atomic mass is 9.99. The molecule has 1 N–H and O–H groups in total. The van der Waals surface area contributed by atoms with E-state index >= 15 is 0 Å². The van der Waals surface area contributed by atoms with Crippen molar-refractivity contribution in [3.63, 3.8) is 0 Å². The molecule has 2 nitrogen and oxygen atoms in total. The molecule has 1 heterocycles. The van der Waals surface area contributed by atoms with Gasteiger partial charge in [0.15, 0.2) is 0 Å². The maximum Gasteiger partial charge on any atom is 0.119 e. The highest BCUT2D eigenvalue weighted by Gasteiger charge is 2.25. The summed E-state index contributed by atoms with van der Waals surface area (Å²) in [6.45, 7) is 0. The average molecular weight is 277 g/mol. The first-order valence-electron chi connectivity index (χ1n) is 7.42. The molecule has 1 saturated carbocycles. The Bertz CT molecular complexity index is 396. The van der Waals surface area contributed by atoms with E-state index in [-0.39, 0.29) is 0 Å². The summed E-state index contributed by atoms with van der Waals surface area (Å²) in [7, 11) is 2.08. The fourth-order valence-corrected chi connectivity index (χ4v) is 4.22. The lowest BCUT2D eigenvalue weighted by molar-refractivity contribution is 0.303. The molecule has 0 aromatic heterocycles. The molecule has 19 heavy (non-hydrogen) atoms. The van der Waals surface area contributed by atoms with Crippen LogP contribution in [0.1, 0.15) is 43.7 Å². The minimum Gasteiger partial charge on any atom is -0.490 e. The Labute approximate surface area is 120 Å². The van der Waals surface area contributed by atoms with Gasteiger partial charge in [-0.3, -0.25) is 0 Å². The third kappa shape index (κ3) is 3.46. The van der Waals surface area contributed by atoms with Crippen molar-refractivity contribution in [3.05, 3.63) is 29.8 Å². The molecule has 2 atom stereocenters. The van der Waals surface area contributed by atoms with Crippen LogP contribution in [0.2, 0.25) is 0 Å². The van der Waals surface area contributed by atoms with Crippen LogP contribution >= 0.6 is 11.8 Å². The quantitative estimate of drug-likeness (QED) is 0.885. The fourth-order valence-electron chi connectivity index (χ4n) is 2.73. The zero-order valence-electron chi connectivity index (χ0n) is 11.6. The van der Waals surface area contributed by atoms with Crippen LogP contribution < -0.4 is 10.1 Å². The normalized spacial score (nSPS) is 25.0. The molecule has 2 aliphatic rings. The van der Waals surface area contributed by atoms with E-state index in [0.29, 0.717) is 17.4 Å². The van der Waals surface area contributed by atoms with Gasteiger partial charge in [-0.15, -0.1) is 0 Å². The number of rotatable bonds is 5. The second kappa shape index (κ2) is 6.19. The predicted octanol–water partition coefficient (Wildman–Crippen LogP) is 3.77. The Morgan fingerprint density at radius 2 is 1.95 bits per heavy atom. The van der Waals surface area contributed by atoms with Crippen molar-refractivity contribution in [2.24, 2.45) is 0 Å². The molecule has 1 aromatic carbocycles. The maximum atomic E-state index is 5.81. The topological polar surface area (TPSA) is 21.3 Å². The molecule has 1 saturated heterocycles. The molecule has 1 aliphatic carbocycles. The molecule has 0 spiro atoms. The number of benzene rings is 1. The summed E-state index contributed by atoms with van der Waals surface area (Å²) in [6, 6.07) is 9.19. The Balaban J connectivity index is 1.67. The third-order valence-electron chi connectivity index (χ3n) is 3.96. The van der Waals surface area contributed by atoms with Crippen molar-refractivity contribution in [2.75, 3.05) is 12.8 Å². The zero-order chi connectivity index (χ0) is 13.1. The van der Waals surface area contributed by atoms with E-state index in [4.69, 9.17) is 4.74 Å². The van der Waals surface area contributed by atoms with Gasteiger partial charge in [0.2, 0.25) is 0 Å². The molecule has 1 aromatic rings. The van der Waals surface area contributed by atoms with Gasteiger partial charge >= 0.3 is 0 Å². The van der Waals surface area contributed by atoms with Crippen LogP contribution in [0.25, 0.3) is 0 Å². The van der Waals surface area contributed by atoms with Crippen molar-refractivity contribution in [1.82, 2.24) is 5.32 Å². The average Bonchev–Trinajstić information content (AvgIpc) is 3.27. The molecule has 0 radical (unpaired) electrons. The molecular weight excluding hydrogens is 254 g/mol. The lowest BCUT2D eigenvalue weighted by Crippen LogP contribution is -2.29. The van der Waals surface area contributed by atoms with Crippen molar-refractivity contribution >= 4 is 11.8 Å². The van der Waals surface area contributed by atoms with Crippen LogP contribution in [0.15, 0.2) is 24.3 Å². The van der Waals surface area contributed by atoms with Gasteiger partial charge in [0.25, 0.3) is 0 Å². The molecule has 104 valence electrons. The maximum absolute atomic E-state index is 5.81. The minimum absolute atomic E-state index is 0.472. The highest BCUT2D eigenvalue weighted by Crippen LogP contribution is 2.35. The fraction of sp³-hybridized carbons (Fsp3) is 0.625. The second-order valence-corrected chi connectivity index (χ2v) is 6.90. The molecule has 2 fully saturated rings. The van der Waals surface area contributed by atoms with E-state index in [1.165, 1.54) is 43.4 Å². The summed E-state index contributed by atoms with van der Waals surface area (Å²) < 4.78 is 5.81. The first-order valence-corrected chi connectivity index (χ1v) is 8.47. The van der Waals surface area contributed by atoms with Crippen molar-refractivity contribution in [3.8, 4) is 5.75 Å². The molecular formula is C16H23NOS. The summed E-state index contributed by atoms with van der Waals surface area (Å²) in [5.74, 6) is 2.34. The number of nitrogens with one attached hydrogen (secondary N) is 1.